The van der Waals surface area contributed by atoms with E-state index in [1.807, 2.05) is 54.6 Å². The van der Waals surface area contributed by atoms with Gasteiger partial charge in [0.05, 0.1) is 50.8 Å². The Morgan fingerprint density at radius 1 is 0.465 bits per heavy atom. The number of amides is 2. The van der Waals surface area contributed by atoms with E-state index in [9.17, 15) is 9.59 Å². The average Bonchev–Trinajstić information content (AvgIpc) is 3.66. The van der Waals surface area contributed by atoms with E-state index < -0.39 is 0 Å². The van der Waals surface area contributed by atoms with Gasteiger partial charge in [-0.05, 0) is 42.5 Å². The quantitative estimate of drug-likeness (QED) is 0.208. The van der Waals surface area contributed by atoms with Crippen LogP contribution in [0.2, 0.25) is 0 Å². The monoisotopic (exact) mass is 554 g/mol. The largest absolute Gasteiger partial charge is 0.306 e. The molecular formula is C37H22N4O2. The number of hydrogen-bond acceptors (Lipinski definition) is 3. The van der Waals surface area contributed by atoms with Crippen molar-refractivity contribution in [2.24, 2.45) is 0 Å². The minimum absolute atomic E-state index is 0.347. The van der Waals surface area contributed by atoms with Gasteiger partial charge in [-0.1, -0.05) is 84.9 Å². The molecule has 9 rings (SSSR count). The van der Waals surface area contributed by atoms with E-state index in [1.165, 1.54) is 4.90 Å². The van der Waals surface area contributed by atoms with Crippen molar-refractivity contribution in [3.8, 4) is 11.5 Å². The third kappa shape index (κ3) is 3.20. The van der Waals surface area contributed by atoms with E-state index in [0.29, 0.717) is 22.6 Å². The zero-order valence-electron chi connectivity index (χ0n) is 22.8. The molecule has 4 heterocycles. The second-order valence-corrected chi connectivity index (χ2v) is 10.8. The second-order valence-electron chi connectivity index (χ2n) is 10.8. The summed E-state index contributed by atoms with van der Waals surface area (Å²) in [5, 5.41) is 4.46. The predicted octanol–water partition coefficient (Wildman–Crippen LogP) is 8.08. The number of imide groups is 1. The molecule has 0 radical (unpaired) electrons. The van der Waals surface area contributed by atoms with E-state index in [2.05, 4.69) is 57.7 Å². The Kier molecular flexibility index (Phi) is 4.81. The van der Waals surface area contributed by atoms with Gasteiger partial charge in [-0.2, -0.15) is 0 Å². The van der Waals surface area contributed by atoms with Crippen LogP contribution in [0.5, 0.6) is 0 Å². The Morgan fingerprint density at radius 3 is 1.33 bits per heavy atom. The maximum atomic E-state index is 13.6. The fraction of sp³-hybridized carbons (Fsp3) is 0. The van der Waals surface area contributed by atoms with Gasteiger partial charge in [-0.3, -0.25) is 14.2 Å². The fourth-order valence-corrected chi connectivity index (χ4v) is 6.65. The zero-order valence-corrected chi connectivity index (χ0v) is 22.8. The van der Waals surface area contributed by atoms with Crippen molar-refractivity contribution in [3.05, 3.63) is 145 Å². The SMILES string of the molecule is O=C1c2ccccc2C(=O)N1c1cnc(-n2c3ccccc3c3ccccc32)c(-n2c3ccccc3c3ccccc32)c1. The van der Waals surface area contributed by atoms with Crippen molar-refractivity contribution < 1.29 is 9.59 Å². The molecule has 0 aliphatic carbocycles. The third-order valence-electron chi connectivity index (χ3n) is 8.50. The molecule has 2 amide bonds. The predicted molar refractivity (Wildman–Crippen MR) is 170 cm³/mol. The lowest BCUT2D eigenvalue weighted by Crippen LogP contribution is -2.29. The highest BCUT2D eigenvalue weighted by molar-refractivity contribution is 6.34. The van der Waals surface area contributed by atoms with Gasteiger partial charge in [-0.15, -0.1) is 0 Å². The van der Waals surface area contributed by atoms with Crippen LogP contribution < -0.4 is 4.90 Å². The lowest BCUT2D eigenvalue weighted by Gasteiger charge is -2.20. The van der Waals surface area contributed by atoms with Crippen molar-refractivity contribution in [2.45, 2.75) is 0 Å². The number of fused-ring (bicyclic) bond motifs is 7. The summed E-state index contributed by atoms with van der Waals surface area (Å²) in [5.74, 6) is 0.00429. The molecule has 6 heteroatoms. The zero-order chi connectivity index (χ0) is 28.7. The first-order valence-electron chi connectivity index (χ1n) is 14.2. The topological polar surface area (TPSA) is 60.1 Å². The molecule has 0 saturated heterocycles. The van der Waals surface area contributed by atoms with Crippen molar-refractivity contribution in [1.29, 1.82) is 0 Å². The van der Waals surface area contributed by atoms with Gasteiger partial charge in [0, 0.05) is 21.5 Å². The molecule has 0 N–H and O–H groups in total. The number of aromatic nitrogens is 3. The number of nitrogens with zero attached hydrogens (tertiary/aromatic N) is 4. The highest BCUT2D eigenvalue weighted by Gasteiger charge is 2.37. The standard InChI is InChI=1S/C37H22N4O2/c42-36-28-15-1-2-16-29(28)37(43)39(36)23-21-34(40-30-17-7-3-11-24(30)25-12-4-8-18-31(25)40)35(38-22-23)41-32-19-9-5-13-26(32)27-14-6-10-20-33(27)41/h1-22H. The minimum atomic E-state index is -0.347. The van der Waals surface area contributed by atoms with E-state index >= 15 is 0 Å². The number of para-hydroxylation sites is 4. The Bertz CT molecular complexity index is 2330. The number of hydrogen-bond donors (Lipinski definition) is 0. The average molecular weight is 555 g/mol. The van der Waals surface area contributed by atoms with Gasteiger partial charge in [0.25, 0.3) is 11.8 Å². The molecule has 1 aliphatic rings. The van der Waals surface area contributed by atoms with Gasteiger partial charge in [-0.25, -0.2) is 9.88 Å². The molecular weight excluding hydrogens is 532 g/mol. The van der Waals surface area contributed by atoms with E-state index in [1.54, 1.807) is 30.5 Å². The summed E-state index contributed by atoms with van der Waals surface area (Å²) in [6.45, 7) is 0. The molecule has 0 fully saturated rings. The number of anilines is 1. The molecule has 0 spiro atoms. The van der Waals surface area contributed by atoms with E-state index in [4.69, 9.17) is 4.98 Å². The summed E-state index contributed by atoms with van der Waals surface area (Å²) in [4.78, 5) is 33.4. The van der Waals surface area contributed by atoms with Crippen LogP contribution in [-0.2, 0) is 0 Å². The Labute approximate surface area is 245 Å². The van der Waals surface area contributed by atoms with E-state index in [-0.39, 0.29) is 11.8 Å². The normalized spacial score (nSPS) is 13.2. The highest BCUT2D eigenvalue weighted by atomic mass is 16.2. The summed E-state index contributed by atoms with van der Waals surface area (Å²) in [5.41, 5.74) is 6.04. The number of rotatable bonds is 3. The van der Waals surface area contributed by atoms with Crippen LogP contribution in [0.25, 0.3) is 55.1 Å². The third-order valence-corrected chi connectivity index (χ3v) is 8.50. The second kappa shape index (κ2) is 8.74. The summed E-state index contributed by atoms with van der Waals surface area (Å²) in [7, 11) is 0. The van der Waals surface area contributed by atoms with E-state index in [0.717, 1.165) is 49.3 Å². The molecule has 1 aliphatic heterocycles. The molecule has 43 heavy (non-hydrogen) atoms. The Morgan fingerprint density at radius 2 is 0.860 bits per heavy atom. The van der Waals surface area contributed by atoms with Crippen LogP contribution in [0.1, 0.15) is 20.7 Å². The number of pyridine rings is 1. The lowest BCUT2D eigenvalue weighted by molar-refractivity contribution is 0.0926. The molecule has 3 aromatic heterocycles. The van der Waals surface area contributed by atoms with Gasteiger partial charge < -0.3 is 4.57 Å². The molecule has 202 valence electrons. The van der Waals surface area contributed by atoms with Crippen LogP contribution in [0.15, 0.2) is 134 Å². The first kappa shape index (κ1) is 23.7. The molecule has 0 atom stereocenters. The maximum Gasteiger partial charge on any atom is 0.266 e. The highest BCUT2D eigenvalue weighted by Crippen LogP contribution is 2.39. The van der Waals surface area contributed by atoms with Crippen molar-refractivity contribution in [2.75, 3.05) is 4.90 Å². The maximum absolute atomic E-state index is 13.6. The molecule has 8 aromatic rings. The fourth-order valence-electron chi connectivity index (χ4n) is 6.65. The first-order valence-corrected chi connectivity index (χ1v) is 14.2. The molecule has 0 unspecified atom stereocenters. The lowest BCUT2D eigenvalue weighted by atomic mass is 10.1. The van der Waals surface area contributed by atoms with Crippen LogP contribution in [0.4, 0.5) is 5.69 Å². The van der Waals surface area contributed by atoms with Gasteiger partial charge in [0.15, 0.2) is 5.82 Å². The Hall–Kier alpha value is -6.01. The summed E-state index contributed by atoms with van der Waals surface area (Å²) >= 11 is 0. The molecule has 5 aromatic carbocycles. The number of benzene rings is 5. The van der Waals surface area contributed by atoms with Crippen molar-refractivity contribution in [1.82, 2.24) is 14.1 Å². The van der Waals surface area contributed by atoms with Crippen molar-refractivity contribution >= 4 is 61.1 Å². The first-order chi connectivity index (χ1) is 21.2. The minimum Gasteiger partial charge on any atom is -0.306 e. The summed E-state index contributed by atoms with van der Waals surface area (Å²) < 4.78 is 4.37. The van der Waals surface area contributed by atoms with Crippen LogP contribution >= 0.6 is 0 Å². The van der Waals surface area contributed by atoms with Gasteiger partial charge in [0.2, 0.25) is 0 Å². The molecule has 6 nitrogen and oxygen atoms in total. The Balaban J connectivity index is 1.40. The van der Waals surface area contributed by atoms with Crippen molar-refractivity contribution in [3.63, 3.8) is 0 Å². The molecule has 0 bridgehead atoms. The number of carbonyl (C=O) groups is 2. The summed E-state index contributed by atoms with van der Waals surface area (Å²) in [6.07, 6.45) is 1.64. The van der Waals surface area contributed by atoms with Gasteiger partial charge >= 0.3 is 0 Å². The van der Waals surface area contributed by atoms with Crippen LogP contribution in [0, 0.1) is 0 Å². The smallest absolute Gasteiger partial charge is 0.266 e. The summed E-state index contributed by atoms with van der Waals surface area (Å²) in [6, 6.07) is 42.1. The van der Waals surface area contributed by atoms with Crippen LogP contribution in [-0.4, -0.2) is 25.9 Å². The van der Waals surface area contributed by atoms with Crippen LogP contribution in [0.3, 0.4) is 0 Å². The van der Waals surface area contributed by atoms with Gasteiger partial charge in [0.1, 0.15) is 0 Å². The molecule has 0 saturated carbocycles. The number of carbonyl (C=O) groups excluding carboxylic acids is 2.